The topological polar surface area (TPSA) is 47.6 Å². The molecule has 1 aromatic rings. The van der Waals surface area contributed by atoms with Gasteiger partial charge in [-0.15, -0.1) is 0 Å². The molecule has 0 unspecified atom stereocenters. The molecule has 0 bridgehead atoms. The number of ether oxygens (including phenoxy) is 2. The fourth-order valence-electron chi connectivity index (χ4n) is 2.03. The quantitative estimate of drug-likeness (QED) is 0.634. The maximum absolute atomic E-state index is 11.8. The van der Waals surface area contributed by atoms with Gasteiger partial charge in [0.25, 0.3) is 0 Å². The van der Waals surface area contributed by atoms with E-state index in [9.17, 15) is 4.79 Å². The monoisotopic (exact) mass is 265 g/mol. The first kappa shape index (κ1) is 15.5. The largest absolute Gasteiger partial charge is 0.462 e. The standard InChI is InChI=1S/C15H23NO3/c1-10-8-11(2)14(12(3)9-10)16-13(4)15(17)19-7-6-18-5/h8-9,13,16H,6-7H2,1-5H3/t13-/m0/s1. The molecule has 4 heteroatoms. The SMILES string of the molecule is COCCOC(=O)[C@H](C)Nc1c(C)cc(C)cc1C. The van der Waals surface area contributed by atoms with Gasteiger partial charge in [-0.1, -0.05) is 17.7 Å². The molecule has 0 amide bonds. The van der Waals surface area contributed by atoms with Crippen molar-refractivity contribution in [1.82, 2.24) is 0 Å². The molecule has 0 aliphatic rings. The van der Waals surface area contributed by atoms with E-state index in [1.165, 1.54) is 5.56 Å². The Kier molecular flexibility index (Phi) is 5.83. The second kappa shape index (κ2) is 7.14. The summed E-state index contributed by atoms with van der Waals surface area (Å²) in [5, 5.41) is 3.22. The second-order valence-corrected chi connectivity index (χ2v) is 4.80. The fraction of sp³-hybridized carbons (Fsp3) is 0.533. The zero-order valence-corrected chi connectivity index (χ0v) is 12.4. The van der Waals surface area contributed by atoms with Crippen molar-refractivity contribution in [2.75, 3.05) is 25.6 Å². The molecule has 0 aliphatic carbocycles. The molecule has 19 heavy (non-hydrogen) atoms. The number of hydrogen-bond donors (Lipinski definition) is 1. The van der Waals surface area contributed by atoms with Crippen molar-refractivity contribution < 1.29 is 14.3 Å². The van der Waals surface area contributed by atoms with E-state index in [0.717, 1.165) is 16.8 Å². The molecule has 106 valence electrons. The van der Waals surface area contributed by atoms with Crippen LogP contribution in [0.1, 0.15) is 23.6 Å². The molecule has 0 saturated carbocycles. The minimum Gasteiger partial charge on any atom is -0.462 e. The van der Waals surface area contributed by atoms with Crippen LogP contribution in [0.15, 0.2) is 12.1 Å². The fourth-order valence-corrected chi connectivity index (χ4v) is 2.03. The van der Waals surface area contributed by atoms with Crippen LogP contribution in [0.5, 0.6) is 0 Å². The van der Waals surface area contributed by atoms with Gasteiger partial charge in [0.15, 0.2) is 0 Å². The summed E-state index contributed by atoms with van der Waals surface area (Å²) in [4.78, 5) is 11.8. The number of carbonyl (C=O) groups excluding carboxylic acids is 1. The van der Waals surface area contributed by atoms with Gasteiger partial charge in [0.1, 0.15) is 12.6 Å². The van der Waals surface area contributed by atoms with E-state index >= 15 is 0 Å². The number of aryl methyl sites for hydroxylation is 3. The van der Waals surface area contributed by atoms with Crippen molar-refractivity contribution in [2.24, 2.45) is 0 Å². The first-order valence-electron chi connectivity index (χ1n) is 6.45. The molecule has 0 aromatic heterocycles. The Morgan fingerprint density at radius 2 is 1.79 bits per heavy atom. The lowest BCUT2D eigenvalue weighted by Gasteiger charge is -2.18. The van der Waals surface area contributed by atoms with Crippen LogP contribution in [0.4, 0.5) is 5.69 Å². The van der Waals surface area contributed by atoms with Gasteiger partial charge in [-0.25, -0.2) is 4.79 Å². The molecule has 1 aromatic carbocycles. The lowest BCUT2D eigenvalue weighted by molar-refractivity contribution is -0.145. The van der Waals surface area contributed by atoms with Crippen LogP contribution in [0.3, 0.4) is 0 Å². The Bertz CT molecular complexity index is 420. The maximum Gasteiger partial charge on any atom is 0.328 e. The van der Waals surface area contributed by atoms with Gasteiger partial charge >= 0.3 is 5.97 Å². The van der Waals surface area contributed by atoms with Crippen LogP contribution in [-0.4, -0.2) is 32.3 Å². The number of nitrogens with one attached hydrogen (secondary N) is 1. The summed E-state index contributed by atoms with van der Waals surface area (Å²) in [6.07, 6.45) is 0. The zero-order valence-electron chi connectivity index (χ0n) is 12.4. The first-order valence-corrected chi connectivity index (χ1v) is 6.45. The van der Waals surface area contributed by atoms with Crippen molar-refractivity contribution in [1.29, 1.82) is 0 Å². The number of hydrogen-bond acceptors (Lipinski definition) is 4. The molecule has 1 atom stereocenters. The molecule has 0 radical (unpaired) electrons. The van der Waals surface area contributed by atoms with Crippen LogP contribution in [0.2, 0.25) is 0 Å². The summed E-state index contributed by atoms with van der Waals surface area (Å²) in [7, 11) is 1.58. The van der Waals surface area contributed by atoms with Gasteiger partial charge in [-0.3, -0.25) is 0 Å². The number of rotatable bonds is 6. The molecule has 1 rings (SSSR count). The van der Waals surface area contributed by atoms with Gasteiger partial charge in [0.05, 0.1) is 6.61 Å². The van der Waals surface area contributed by atoms with Gasteiger partial charge in [0.2, 0.25) is 0 Å². The number of carbonyl (C=O) groups is 1. The number of methoxy groups -OCH3 is 1. The number of anilines is 1. The summed E-state index contributed by atoms with van der Waals surface area (Å²) in [5.74, 6) is -0.267. The second-order valence-electron chi connectivity index (χ2n) is 4.80. The summed E-state index contributed by atoms with van der Waals surface area (Å²) >= 11 is 0. The first-order chi connectivity index (χ1) is 8.95. The van der Waals surface area contributed by atoms with Crippen LogP contribution < -0.4 is 5.32 Å². The minimum atomic E-state index is -0.378. The summed E-state index contributed by atoms with van der Waals surface area (Å²) in [6, 6.07) is 3.81. The van der Waals surface area contributed by atoms with Crippen LogP contribution >= 0.6 is 0 Å². The highest BCUT2D eigenvalue weighted by molar-refractivity contribution is 5.79. The highest BCUT2D eigenvalue weighted by atomic mass is 16.6. The van der Waals surface area contributed by atoms with Crippen LogP contribution in [-0.2, 0) is 14.3 Å². The maximum atomic E-state index is 11.8. The smallest absolute Gasteiger partial charge is 0.328 e. The van der Waals surface area contributed by atoms with E-state index in [1.54, 1.807) is 14.0 Å². The van der Waals surface area contributed by atoms with Crippen molar-refractivity contribution in [2.45, 2.75) is 33.7 Å². The van der Waals surface area contributed by atoms with Crippen LogP contribution in [0, 0.1) is 20.8 Å². The molecule has 1 N–H and O–H groups in total. The average Bonchev–Trinajstić information content (AvgIpc) is 2.33. The third-order valence-corrected chi connectivity index (χ3v) is 2.92. The van der Waals surface area contributed by atoms with E-state index in [4.69, 9.17) is 9.47 Å². The van der Waals surface area contributed by atoms with E-state index in [2.05, 4.69) is 24.4 Å². The van der Waals surface area contributed by atoms with E-state index in [0.29, 0.717) is 6.61 Å². The summed E-state index contributed by atoms with van der Waals surface area (Å²) in [5.41, 5.74) is 4.49. The lowest BCUT2D eigenvalue weighted by atomic mass is 10.0. The average molecular weight is 265 g/mol. The molecule has 0 fully saturated rings. The molecule has 4 nitrogen and oxygen atoms in total. The van der Waals surface area contributed by atoms with Crippen molar-refractivity contribution in [3.05, 3.63) is 28.8 Å². The molecular formula is C15H23NO3. The van der Waals surface area contributed by atoms with Crippen molar-refractivity contribution in [3.8, 4) is 0 Å². The lowest BCUT2D eigenvalue weighted by Crippen LogP contribution is -2.29. The summed E-state index contributed by atoms with van der Waals surface area (Å²) in [6.45, 7) is 8.63. The normalized spacial score (nSPS) is 12.1. The number of esters is 1. The van der Waals surface area contributed by atoms with E-state index in [-0.39, 0.29) is 18.6 Å². The molecule has 0 aliphatic heterocycles. The van der Waals surface area contributed by atoms with E-state index < -0.39 is 0 Å². The van der Waals surface area contributed by atoms with Crippen molar-refractivity contribution in [3.63, 3.8) is 0 Å². The Hall–Kier alpha value is -1.55. The van der Waals surface area contributed by atoms with Gasteiger partial charge < -0.3 is 14.8 Å². The third-order valence-electron chi connectivity index (χ3n) is 2.92. The highest BCUT2D eigenvalue weighted by Gasteiger charge is 2.16. The minimum absolute atomic E-state index is 0.267. The zero-order chi connectivity index (χ0) is 14.4. The Labute approximate surface area is 115 Å². The van der Waals surface area contributed by atoms with Gasteiger partial charge in [-0.2, -0.15) is 0 Å². The third kappa shape index (κ3) is 4.56. The Morgan fingerprint density at radius 1 is 1.21 bits per heavy atom. The molecule has 0 heterocycles. The molecular weight excluding hydrogens is 242 g/mol. The van der Waals surface area contributed by atoms with Gasteiger partial charge in [0, 0.05) is 12.8 Å². The Balaban J connectivity index is 2.66. The van der Waals surface area contributed by atoms with Crippen molar-refractivity contribution >= 4 is 11.7 Å². The molecule has 0 spiro atoms. The number of benzene rings is 1. The predicted molar refractivity (Wildman–Crippen MR) is 76.6 cm³/mol. The molecule has 0 saturated heterocycles. The van der Waals surface area contributed by atoms with E-state index in [1.807, 2.05) is 13.8 Å². The van der Waals surface area contributed by atoms with Gasteiger partial charge in [-0.05, 0) is 38.8 Å². The predicted octanol–water partition coefficient (Wildman–Crippen LogP) is 2.60. The Morgan fingerprint density at radius 3 is 2.32 bits per heavy atom. The summed E-state index contributed by atoms with van der Waals surface area (Å²) < 4.78 is 9.94. The highest BCUT2D eigenvalue weighted by Crippen LogP contribution is 2.22. The van der Waals surface area contributed by atoms with Crippen LogP contribution in [0.25, 0.3) is 0 Å².